The predicted molar refractivity (Wildman–Crippen MR) is 86.9 cm³/mol. The number of alkyl halides is 6. The van der Waals surface area contributed by atoms with E-state index in [0.717, 1.165) is 5.56 Å². The third-order valence-electron chi connectivity index (χ3n) is 3.32. The summed E-state index contributed by atoms with van der Waals surface area (Å²) in [5.41, 5.74) is -0.0609. The van der Waals surface area contributed by atoms with Crippen LogP contribution >= 0.6 is 0 Å². The maximum atomic E-state index is 13.0. The molecule has 2 aromatic rings. The Balaban J connectivity index is 2.33. The van der Waals surface area contributed by atoms with Crippen LogP contribution in [0.25, 0.3) is 0 Å². The third kappa shape index (κ3) is 6.30. The summed E-state index contributed by atoms with van der Waals surface area (Å²) in [4.78, 5) is 7.06. The van der Waals surface area contributed by atoms with E-state index in [1.54, 1.807) is 18.2 Å². The van der Waals surface area contributed by atoms with Crippen LogP contribution in [0.4, 0.5) is 38.0 Å². The van der Waals surface area contributed by atoms with Crippen LogP contribution in [0.5, 0.6) is 5.88 Å². The average molecular weight is 393 g/mol. The summed E-state index contributed by atoms with van der Waals surface area (Å²) >= 11 is 0. The maximum absolute atomic E-state index is 13.0. The first-order chi connectivity index (χ1) is 12.5. The van der Waals surface area contributed by atoms with E-state index in [1.807, 2.05) is 19.9 Å². The number of benzene rings is 1. The Kier molecular flexibility index (Phi) is 6.17. The molecule has 0 radical (unpaired) electrons. The third-order valence-corrected chi connectivity index (χ3v) is 3.32. The van der Waals surface area contributed by atoms with Crippen LogP contribution in [-0.2, 0) is 12.6 Å². The van der Waals surface area contributed by atoms with E-state index in [-0.39, 0.29) is 5.95 Å². The molecule has 0 saturated heterocycles. The highest BCUT2D eigenvalue weighted by Gasteiger charge is 2.38. The van der Waals surface area contributed by atoms with E-state index < -0.39 is 30.4 Å². The minimum Gasteiger partial charge on any atom is -0.467 e. The van der Waals surface area contributed by atoms with Gasteiger partial charge in [0.2, 0.25) is 11.8 Å². The van der Waals surface area contributed by atoms with Gasteiger partial charge >= 0.3 is 12.4 Å². The maximum Gasteiger partial charge on any atom is 0.423 e. The molecule has 0 bridgehead atoms. The highest BCUT2D eigenvalue weighted by molar-refractivity contribution is 5.59. The van der Waals surface area contributed by atoms with Gasteiger partial charge in [0.1, 0.15) is 5.56 Å². The van der Waals surface area contributed by atoms with E-state index in [9.17, 15) is 26.3 Å². The zero-order valence-electron chi connectivity index (χ0n) is 14.4. The van der Waals surface area contributed by atoms with Gasteiger partial charge in [0.25, 0.3) is 0 Å². The lowest BCUT2D eigenvalue weighted by atomic mass is 10.0. The van der Waals surface area contributed by atoms with E-state index in [2.05, 4.69) is 20.0 Å². The lowest BCUT2D eigenvalue weighted by Gasteiger charge is -2.16. The van der Waals surface area contributed by atoms with Gasteiger partial charge in [-0.05, 0) is 24.0 Å². The molecule has 0 aliphatic heterocycles. The van der Waals surface area contributed by atoms with Gasteiger partial charge in [0, 0.05) is 11.9 Å². The van der Waals surface area contributed by atoms with Crippen molar-refractivity contribution in [3.05, 3.63) is 41.6 Å². The molecular weight excluding hydrogens is 376 g/mol. The average Bonchev–Trinajstić information content (AvgIpc) is 2.53. The van der Waals surface area contributed by atoms with Crippen LogP contribution in [0.3, 0.4) is 0 Å². The van der Waals surface area contributed by atoms with Crippen molar-refractivity contribution < 1.29 is 31.1 Å². The van der Waals surface area contributed by atoms with Gasteiger partial charge in [0.05, 0.1) is 0 Å². The van der Waals surface area contributed by atoms with Gasteiger partial charge in [-0.25, -0.2) is 4.98 Å². The molecule has 0 amide bonds. The smallest absolute Gasteiger partial charge is 0.423 e. The molecule has 0 fully saturated rings. The Morgan fingerprint density at radius 1 is 1.07 bits per heavy atom. The summed E-state index contributed by atoms with van der Waals surface area (Å²) in [7, 11) is 0. The Morgan fingerprint density at radius 2 is 1.74 bits per heavy atom. The number of ether oxygens (including phenoxy) is 1. The number of rotatable bonds is 6. The van der Waals surface area contributed by atoms with E-state index in [4.69, 9.17) is 0 Å². The number of hydrogen-bond donors (Lipinski definition) is 1. The van der Waals surface area contributed by atoms with Crippen molar-refractivity contribution in [3.63, 3.8) is 0 Å². The largest absolute Gasteiger partial charge is 0.467 e. The molecule has 0 aliphatic carbocycles. The number of halogens is 6. The Labute approximate surface area is 151 Å². The first-order valence-corrected chi connectivity index (χ1v) is 7.94. The van der Waals surface area contributed by atoms with Crippen LogP contribution < -0.4 is 10.1 Å². The zero-order chi connectivity index (χ0) is 20.2. The number of para-hydroxylation sites is 1. The Hall–Kier alpha value is -2.52. The van der Waals surface area contributed by atoms with Crippen LogP contribution in [0.1, 0.15) is 25.0 Å². The number of anilines is 2. The molecule has 1 heterocycles. The van der Waals surface area contributed by atoms with Gasteiger partial charge in [0.15, 0.2) is 6.61 Å². The normalized spacial score (nSPS) is 12.3. The lowest BCUT2D eigenvalue weighted by molar-refractivity contribution is -0.159. The quantitative estimate of drug-likeness (QED) is 0.670. The lowest BCUT2D eigenvalue weighted by Crippen LogP contribution is -2.22. The number of aromatic nitrogens is 2. The van der Waals surface area contributed by atoms with Crippen molar-refractivity contribution in [2.24, 2.45) is 5.92 Å². The highest BCUT2D eigenvalue weighted by Crippen LogP contribution is 2.36. The van der Waals surface area contributed by atoms with E-state index in [1.165, 1.54) is 0 Å². The number of hydrogen-bond acceptors (Lipinski definition) is 4. The topological polar surface area (TPSA) is 47.0 Å². The first-order valence-electron chi connectivity index (χ1n) is 7.94. The molecule has 0 saturated carbocycles. The minimum absolute atomic E-state index is 0.295. The summed E-state index contributed by atoms with van der Waals surface area (Å²) in [5.74, 6) is -1.16. The molecule has 1 aromatic heterocycles. The second kappa shape index (κ2) is 8.01. The van der Waals surface area contributed by atoms with Crippen molar-refractivity contribution in [2.45, 2.75) is 32.6 Å². The molecule has 0 spiro atoms. The van der Waals surface area contributed by atoms with E-state index >= 15 is 0 Å². The number of nitrogens with one attached hydrogen (secondary N) is 1. The molecule has 10 heteroatoms. The fraction of sp³-hybridized carbons (Fsp3) is 0.412. The van der Waals surface area contributed by atoms with Crippen LogP contribution in [0.2, 0.25) is 0 Å². The molecule has 0 atom stereocenters. The predicted octanol–water partition coefficient (Wildman–Crippen LogP) is 5.38. The Morgan fingerprint density at radius 3 is 2.33 bits per heavy atom. The van der Waals surface area contributed by atoms with Crippen molar-refractivity contribution in [3.8, 4) is 5.88 Å². The standard InChI is InChI=1S/C17H17F6N3O/c1-10(2)7-11-5-3-4-6-13(11)25-15-24-8-12(17(21,22)23)14(26-15)27-9-16(18,19)20/h3-6,8,10H,7,9H2,1-2H3,(H,24,25,26). The van der Waals surface area contributed by atoms with Crippen molar-refractivity contribution in [1.29, 1.82) is 0 Å². The van der Waals surface area contributed by atoms with Crippen LogP contribution in [0, 0.1) is 5.92 Å². The zero-order valence-corrected chi connectivity index (χ0v) is 14.4. The molecule has 2 rings (SSSR count). The summed E-state index contributed by atoms with van der Waals surface area (Å²) in [6, 6.07) is 7.01. The van der Waals surface area contributed by atoms with Crippen molar-refractivity contribution in [2.75, 3.05) is 11.9 Å². The fourth-order valence-electron chi connectivity index (χ4n) is 2.26. The number of nitrogens with zero attached hydrogens (tertiary/aromatic N) is 2. The summed E-state index contributed by atoms with van der Waals surface area (Å²) in [6.45, 7) is 2.10. The minimum atomic E-state index is -4.95. The monoisotopic (exact) mass is 393 g/mol. The van der Waals surface area contributed by atoms with Crippen LogP contribution in [0.15, 0.2) is 30.5 Å². The van der Waals surface area contributed by atoms with Gasteiger partial charge in [-0.1, -0.05) is 32.0 Å². The summed E-state index contributed by atoms with van der Waals surface area (Å²) in [6.07, 6.45) is -8.67. The fourth-order valence-corrected chi connectivity index (χ4v) is 2.26. The SMILES string of the molecule is CC(C)Cc1ccccc1Nc1ncc(C(F)(F)F)c(OCC(F)(F)F)n1. The summed E-state index contributed by atoms with van der Waals surface area (Å²) < 4.78 is 80.2. The first kappa shape index (κ1) is 20.8. The molecular formula is C17H17F6N3O. The second-order valence-corrected chi connectivity index (χ2v) is 6.19. The van der Waals surface area contributed by atoms with Gasteiger partial charge in [-0.15, -0.1) is 0 Å². The molecule has 0 unspecified atom stereocenters. The molecule has 4 nitrogen and oxygen atoms in total. The van der Waals surface area contributed by atoms with Gasteiger partial charge in [-0.3, -0.25) is 0 Å². The molecule has 148 valence electrons. The van der Waals surface area contributed by atoms with Gasteiger partial charge < -0.3 is 10.1 Å². The molecule has 27 heavy (non-hydrogen) atoms. The molecule has 1 aromatic carbocycles. The second-order valence-electron chi connectivity index (χ2n) is 6.19. The van der Waals surface area contributed by atoms with Crippen molar-refractivity contribution >= 4 is 11.6 Å². The van der Waals surface area contributed by atoms with E-state index in [0.29, 0.717) is 24.2 Å². The highest BCUT2D eigenvalue weighted by atomic mass is 19.4. The Bertz CT molecular complexity index is 774. The van der Waals surface area contributed by atoms with Crippen LogP contribution in [-0.4, -0.2) is 22.8 Å². The molecule has 1 N–H and O–H groups in total. The molecule has 0 aliphatic rings. The van der Waals surface area contributed by atoms with Crippen molar-refractivity contribution in [1.82, 2.24) is 9.97 Å². The summed E-state index contributed by atoms with van der Waals surface area (Å²) in [5, 5.41) is 2.74. The van der Waals surface area contributed by atoms with Gasteiger partial charge in [-0.2, -0.15) is 31.3 Å².